The number of guanidine groups is 1. The average molecular weight is 537 g/mol. The van der Waals surface area contributed by atoms with Gasteiger partial charge in [-0.2, -0.15) is 0 Å². The average Bonchev–Trinajstić information content (AvgIpc) is 3.04. The number of aryl methyl sites for hydroxylation is 1. The van der Waals surface area contributed by atoms with Gasteiger partial charge in [-0.1, -0.05) is 0 Å². The number of sulfonamides is 1. The Hall–Kier alpha value is -1.24. The van der Waals surface area contributed by atoms with Gasteiger partial charge in [0.05, 0.1) is 6.54 Å². The third-order valence-corrected chi connectivity index (χ3v) is 6.12. The molecule has 0 radical (unpaired) electrons. The van der Waals surface area contributed by atoms with Gasteiger partial charge in [-0.25, -0.2) is 13.1 Å². The van der Waals surface area contributed by atoms with Crippen LogP contribution in [0.5, 0.6) is 0 Å². The first kappa shape index (κ1) is 24.8. The number of pyridine rings is 1. The van der Waals surface area contributed by atoms with Crippen LogP contribution in [0.4, 0.5) is 0 Å². The Kier molecular flexibility index (Phi) is 10.9. The Labute approximate surface area is 188 Å². The van der Waals surface area contributed by atoms with Gasteiger partial charge < -0.3 is 10.6 Å². The predicted molar refractivity (Wildman–Crippen MR) is 126 cm³/mol. The second-order valence-electron chi connectivity index (χ2n) is 6.11. The summed E-state index contributed by atoms with van der Waals surface area (Å²) >= 11 is 1.80. The zero-order chi connectivity index (χ0) is 19.7. The Morgan fingerprint density at radius 3 is 2.71 bits per heavy atom. The second kappa shape index (κ2) is 12.3. The molecule has 0 aliphatic heterocycles. The highest BCUT2D eigenvalue weighted by molar-refractivity contribution is 14.0. The van der Waals surface area contributed by atoms with Gasteiger partial charge in [0.1, 0.15) is 4.90 Å². The highest BCUT2D eigenvalue weighted by atomic mass is 127. The van der Waals surface area contributed by atoms with Crippen LogP contribution in [0, 0.1) is 6.92 Å². The monoisotopic (exact) mass is 537 g/mol. The number of hydrogen-bond acceptors (Lipinski definition) is 5. The number of thiophene rings is 1. The largest absolute Gasteiger partial charge is 0.357 e. The molecule has 0 saturated heterocycles. The van der Waals surface area contributed by atoms with E-state index in [1.807, 2.05) is 6.92 Å². The molecule has 156 valence electrons. The lowest BCUT2D eigenvalue weighted by Gasteiger charge is -2.17. The molecular weight excluding hydrogens is 509 g/mol. The van der Waals surface area contributed by atoms with Crippen molar-refractivity contribution < 1.29 is 8.42 Å². The lowest BCUT2D eigenvalue weighted by Crippen LogP contribution is -2.43. The van der Waals surface area contributed by atoms with E-state index in [-0.39, 0.29) is 41.5 Å². The van der Waals surface area contributed by atoms with Crippen LogP contribution in [-0.2, 0) is 16.4 Å². The molecule has 2 aromatic rings. The molecule has 3 N–H and O–H groups in total. The molecule has 28 heavy (non-hydrogen) atoms. The fourth-order valence-corrected chi connectivity index (χ4v) is 4.44. The Morgan fingerprint density at radius 2 is 2.11 bits per heavy atom. The van der Waals surface area contributed by atoms with Crippen molar-refractivity contribution in [3.05, 3.63) is 46.4 Å². The zero-order valence-electron chi connectivity index (χ0n) is 16.3. The van der Waals surface area contributed by atoms with Crippen LogP contribution in [0.25, 0.3) is 0 Å². The Balaban J connectivity index is 0.00000392. The van der Waals surface area contributed by atoms with E-state index in [0.717, 1.165) is 13.0 Å². The van der Waals surface area contributed by atoms with E-state index in [4.69, 9.17) is 0 Å². The molecular formula is C18H28IN5O2S2. The van der Waals surface area contributed by atoms with Gasteiger partial charge >= 0.3 is 0 Å². The lowest BCUT2D eigenvalue weighted by molar-refractivity contribution is 0.581. The van der Waals surface area contributed by atoms with Crippen molar-refractivity contribution in [3.8, 4) is 0 Å². The number of rotatable bonds is 9. The number of halogens is 1. The maximum Gasteiger partial charge on any atom is 0.242 e. The highest BCUT2D eigenvalue weighted by Gasteiger charge is 2.13. The van der Waals surface area contributed by atoms with Gasteiger partial charge in [0, 0.05) is 47.7 Å². The maximum atomic E-state index is 12.2. The topological polar surface area (TPSA) is 95.5 Å². The van der Waals surface area contributed by atoms with Crippen molar-refractivity contribution >= 4 is 51.3 Å². The summed E-state index contributed by atoms with van der Waals surface area (Å²) in [5.41, 5.74) is 0. The van der Waals surface area contributed by atoms with Gasteiger partial charge in [-0.15, -0.1) is 35.3 Å². The quantitative estimate of drug-likeness (QED) is 0.198. The summed E-state index contributed by atoms with van der Waals surface area (Å²) in [7, 11) is -3.55. The molecule has 2 heterocycles. The third-order valence-electron chi connectivity index (χ3n) is 3.65. The summed E-state index contributed by atoms with van der Waals surface area (Å²) in [5, 5.41) is 6.55. The minimum Gasteiger partial charge on any atom is -0.357 e. The molecule has 0 aliphatic carbocycles. The van der Waals surface area contributed by atoms with E-state index in [2.05, 4.69) is 51.3 Å². The Morgan fingerprint density at radius 1 is 1.32 bits per heavy atom. The molecule has 0 amide bonds. The molecule has 0 saturated carbocycles. The minimum absolute atomic E-state index is 0. The first-order valence-electron chi connectivity index (χ1n) is 8.90. The van der Waals surface area contributed by atoms with Crippen LogP contribution in [0.1, 0.15) is 23.6 Å². The fourth-order valence-electron chi connectivity index (χ4n) is 2.44. The summed E-state index contributed by atoms with van der Waals surface area (Å²) in [5.74, 6) is 0.679. The Bertz CT molecular complexity index is 841. The van der Waals surface area contributed by atoms with Crippen molar-refractivity contribution in [1.82, 2.24) is 20.3 Å². The second-order valence-corrected chi connectivity index (χ2v) is 9.25. The van der Waals surface area contributed by atoms with Gasteiger partial charge in [-0.3, -0.25) is 9.98 Å². The van der Waals surface area contributed by atoms with Crippen LogP contribution < -0.4 is 15.4 Å². The van der Waals surface area contributed by atoms with Gasteiger partial charge in [0.2, 0.25) is 10.0 Å². The molecule has 1 atom stereocenters. The highest BCUT2D eigenvalue weighted by Crippen LogP contribution is 2.16. The van der Waals surface area contributed by atoms with Crippen molar-refractivity contribution in [2.24, 2.45) is 4.99 Å². The first-order valence-corrected chi connectivity index (χ1v) is 11.2. The van der Waals surface area contributed by atoms with Crippen molar-refractivity contribution in [2.75, 3.05) is 19.6 Å². The van der Waals surface area contributed by atoms with E-state index in [0.29, 0.717) is 12.5 Å². The molecule has 2 aromatic heterocycles. The number of nitrogens with zero attached hydrogens (tertiary/aromatic N) is 2. The summed E-state index contributed by atoms with van der Waals surface area (Å²) in [6.45, 7) is 7.48. The molecule has 0 aliphatic rings. The minimum atomic E-state index is -3.55. The van der Waals surface area contributed by atoms with E-state index < -0.39 is 10.0 Å². The lowest BCUT2D eigenvalue weighted by atomic mass is 10.2. The first-order chi connectivity index (χ1) is 12.9. The zero-order valence-corrected chi connectivity index (χ0v) is 20.3. The van der Waals surface area contributed by atoms with E-state index in [1.54, 1.807) is 17.4 Å². The standard InChI is InChI=1S/C18H27N5O2S2.HI/c1-4-20-18(23-14(2)12-16-8-7-15(3)26-16)21-10-11-22-27(24,25)17-6-5-9-19-13-17;/h5-9,13-14,22H,4,10-12H2,1-3H3,(H2,20,21,23);1H. The SMILES string of the molecule is CCNC(=NCCNS(=O)(=O)c1cccnc1)NC(C)Cc1ccc(C)s1.I. The molecule has 1 unspecified atom stereocenters. The van der Waals surface area contributed by atoms with Gasteiger partial charge in [-0.05, 0) is 45.0 Å². The van der Waals surface area contributed by atoms with Crippen LogP contribution in [0.15, 0.2) is 46.5 Å². The van der Waals surface area contributed by atoms with Gasteiger partial charge in [0.15, 0.2) is 5.96 Å². The molecule has 0 fully saturated rings. The predicted octanol–water partition coefficient (Wildman–Crippen LogP) is 2.53. The van der Waals surface area contributed by atoms with E-state index in [1.165, 1.54) is 28.2 Å². The molecule has 0 bridgehead atoms. The van der Waals surface area contributed by atoms with Crippen molar-refractivity contribution in [3.63, 3.8) is 0 Å². The molecule has 10 heteroatoms. The summed E-state index contributed by atoms with van der Waals surface area (Å²) in [6, 6.07) is 7.60. The normalized spacial score (nSPS) is 12.9. The number of aliphatic imine (C=N–C) groups is 1. The van der Waals surface area contributed by atoms with Crippen LogP contribution in [0.3, 0.4) is 0 Å². The molecule has 7 nitrogen and oxygen atoms in total. The van der Waals surface area contributed by atoms with Gasteiger partial charge in [0.25, 0.3) is 0 Å². The van der Waals surface area contributed by atoms with Crippen LogP contribution in [0.2, 0.25) is 0 Å². The molecule has 2 rings (SSSR count). The summed E-state index contributed by atoms with van der Waals surface area (Å²) in [4.78, 5) is 11.1. The number of nitrogens with one attached hydrogen (secondary N) is 3. The summed E-state index contributed by atoms with van der Waals surface area (Å²) < 4.78 is 26.9. The molecule has 0 spiro atoms. The number of hydrogen-bond donors (Lipinski definition) is 3. The van der Waals surface area contributed by atoms with Crippen molar-refractivity contribution in [2.45, 2.75) is 38.1 Å². The van der Waals surface area contributed by atoms with Crippen LogP contribution in [-0.4, -0.2) is 45.0 Å². The molecule has 0 aromatic carbocycles. The van der Waals surface area contributed by atoms with Crippen LogP contribution >= 0.6 is 35.3 Å². The van der Waals surface area contributed by atoms with Crippen molar-refractivity contribution in [1.29, 1.82) is 0 Å². The van der Waals surface area contributed by atoms with E-state index in [9.17, 15) is 8.42 Å². The summed E-state index contributed by atoms with van der Waals surface area (Å²) in [6.07, 6.45) is 3.78. The van der Waals surface area contributed by atoms with E-state index >= 15 is 0 Å². The maximum absolute atomic E-state index is 12.2. The number of aromatic nitrogens is 1. The smallest absolute Gasteiger partial charge is 0.242 e. The fraction of sp³-hybridized carbons (Fsp3) is 0.444. The third kappa shape index (κ3) is 8.41.